The molecule has 0 bridgehead atoms. The van der Waals surface area contributed by atoms with Gasteiger partial charge in [0.05, 0.1) is 26.9 Å². The van der Waals surface area contributed by atoms with Crippen LogP contribution in [0.2, 0.25) is 0 Å². The summed E-state index contributed by atoms with van der Waals surface area (Å²) in [6.45, 7) is 0. The molecule has 148 valence electrons. The number of methoxy groups -OCH3 is 3. The molecule has 0 radical (unpaired) electrons. The maximum absolute atomic E-state index is 13.5. The molecule has 0 saturated heterocycles. The first-order chi connectivity index (χ1) is 14.2. The Morgan fingerprint density at radius 2 is 1.41 bits per heavy atom. The number of rotatable bonds is 5. The van der Waals surface area contributed by atoms with Crippen molar-refractivity contribution in [1.29, 1.82) is 0 Å². The number of para-hydroxylation sites is 2. The van der Waals surface area contributed by atoms with Crippen LogP contribution in [0.5, 0.6) is 17.2 Å². The quantitative estimate of drug-likeness (QED) is 0.696. The first-order valence-corrected chi connectivity index (χ1v) is 9.22. The van der Waals surface area contributed by atoms with Gasteiger partial charge in [-0.1, -0.05) is 30.3 Å². The predicted octanol–water partition coefficient (Wildman–Crippen LogP) is 4.48. The molecular weight excluding hydrogens is 368 g/mol. The van der Waals surface area contributed by atoms with Gasteiger partial charge in [0.25, 0.3) is 5.91 Å². The molecule has 29 heavy (non-hydrogen) atoms. The molecule has 3 aromatic carbocycles. The fraction of sp³-hybridized carbons (Fsp3) is 0.174. The lowest BCUT2D eigenvalue weighted by Gasteiger charge is -2.38. The molecule has 0 fully saturated rings. The van der Waals surface area contributed by atoms with Gasteiger partial charge in [0, 0.05) is 23.0 Å². The van der Waals surface area contributed by atoms with Crippen molar-refractivity contribution in [2.75, 3.05) is 31.5 Å². The minimum absolute atomic E-state index is 0.0904. The molecule has 0 saturated carbocycles. The third kappa shape index (κ3) is 3.23. The molecule has 1 unspecified atom stereocenters. The van der Waals surface area contributed by atoms with E-state index < -0.39 is 6.17 Å². The van der Waals surface area contributed by atoms with Crippen LogP contribution >= 0.6 is 0 Å². The molecule has 0 aliphatic carbocycles. The molecule has 1 aliphatic heterocycles. The second-order valence-electron chi connectivity index (χ2n) is 6.55. The minimum Gasteiger partial charge on any atom is -0.496 e. The summed E-state index contributed by atoms with van der Waals surface area (Å²) in [7, 11) is 4.75. The van der Waals surface area contributed by atoms with Crippen LogP contribution in [0.3, 0.4) is 0 Å². The molecule has 3 aromatic rings. The van der Waals surface area contributed by atoms with Crippen molar-refractivity contribution in [2.45, 2.75) is 6.17 Å². The summed E-state index contributed by atoms with van der Waals surface area (Å²) in [4.78, 5) is 15.2. The summed E-state index contributed by atoms with van der Waals surface area (Å²) < 4.78 is 16.5. The van der Waals surface area contributed by atoms with E-state index in [9.17, 15) is 4.79 Å². The lowest BCUT2D eigenvalue weighted by molar-refractivity contribution is 0.0974. The highest BCUT2D eigenvalue weighted by molar-refractivity contribution is 6.12. The number of nitrogens with one attached hydrogen (secondary N) is 1. The van der Waals surface area contributed by atoms with Gasteiger partial charge in [0.1, 0.15) is 11.9 Å². The fourth-order valence-corrected chi connectivity index (χ4v) is 3.59. The van der Waals surface area contributed by atoms with Gasteiger partial charge in [-0.25, -0.2) is 0 Å². The first kappa shape index (κ1) is 18.7. The van der Waals surface area contributed by atoms with Gasteiger partial charge in [-0.3, -0.25) is 9.69 Å². The number of nitrogens with zero attached hydrogens (tertiary/aromatic N) is 1. The van der Waals surface area contributed by atoms with E-state index in [1.807, 2.05) is 60.7 Å². The molecule has 6 nitrogen and oxygen atoms in total. The Balaban J connectivity index is 1.92. The number of anilines is 2. The van der Waals surface area contributed by atoms with Gasteiger partial charge in [-0.15, -0.1) is 0 Å². The SMILES string of the molecule is COc1cc(OC)c(C2Nc3ccccc3C(=O)N2c2ccccc2)cc1OC. The monoisotopic (exact) mass is 390 g/mol. The number of fused-ring (bicyclic) bond motifs is 1. The van der Waals surface area contributed by atoms with Crippen molar-refractivity contribution in [1.82, 2.24) is 0 Å². The summed E-state index contributed by atoms with van der Waals surface area (Å²) in [5.74, 6) is 1.62. The molecule has 1 N–H and O–H groups in total. The lowest BCUT2D eigenvalue weighted by Crippen LogP contribution is -2.43. The average Bonchev–Trinajstić information content (AvgIpc) is 2.78. The van der Waals surface area contributed by atoms with Crippen molar-refractivity contribution in [2.24, 2.45) is 0 Å². The number of hydrogen-bond donors (Lipinski definition) is 1. The Kier molecular flexibility index (Phi) is 4.99. The summed E-state index contributed by atoms with van der Waals surface area (Å²) in [5.41, 5.74) is 2.93. The van der Waals surface area contributed by atoms with E-state index in [0.717, 1.165) is 16.9 Å². The predicted molar refractivity (Wildman–Crippen MR) is 112 cm³/mol. The molecule has 0 spiro atoms. The van der Waals surface area contributed by atoms with Crippen LogP contribution in [0.4, 0.5) is 11.4 Å². The number of hydrogen-bond acceptors (Lipinski definition) is 5. The number of amides is 1. The Labute approximate surface area is 169 Å². The van der Waals surface area contributed by atoms with Gasteiger partial charge in [0.15, 0.2) is 11.5 Å². The van der Waals surface area contributed by atoms with E-state index in [1.165, 1.54) is 0 Å². The second kappa shape index (κ2) is 7.75. The Morgan fingerprint density at radius 3 is 2.10 bits per heavy atom. The maximum atomic E-state index is 13.5. The summed E-state index contributed by atoms with van der Waals surface area (Å²) in [6.07, 6.45) is -0.491. The van der Waals surface area contributed by atoms with Gasteiger partial charge in [0.2, 0.25) is 0 Å². The smallest absolute Gasteiger partial charge is 0.262 e. The van der Waals surface area contributed by atoms with Crippen LogP contribution < -0.4 is 24.4 Å². The molecule has 1 aliphatic rings. The highest BCUT2D eigenvalue weighted by atomic mass is 16.5. The number of ether oxygens (including phenoxy) is 3. The molecule has 1 heterocycles. The van der Waals surface area contributed by atoms with E-state index >= 15 is 0 Å². The summed E-state index contributed by atoms with van der Waals surface area (Å²) in [5, 5.41) is 3.48. The van der Waals surface area contributed by atoms with Crippen LogP contribution in [-0.4, -0.2) is 27.2 Å². The zero-order valence-electron chi connectivity index (χ0n) is 16.5. The van der Waals surface area contributed by atoms with E-state index in [2.05, 4.69) is 5.32 Å². The molecule has 1 atom stereocenters. The average molecular weight is 390 g/mol. The van der Waals surface area contributed by atoms with E-state index in [1.54, 1.807) is 32.3 Å². The Bertz CT molecular complexity index is 1040. The van der Waals surface area contributed by atoms with Crippen molar-refractivity contribution in [3.8, 4) is 17.2 Å². The number of carbonyl (C=O) groups is 1. The largest absolute Gasteiger partial charge is 0.496 e. The van der Waals surface area contributed by atoms with Crippen LogP contribution in [0.25, 0.3) is 0 Å². The Hall–Kier alpha value is -3.67. The van der Waals surface area contributed by atoms with Gasteiger partial charge < -0.3 is 19.5 Å². The number of carbonyl (C=O) groups excluding carboxylic acids is 1. The van der Waals surface area contributed by atoms with Crippen molar-refractivity contribution < 1.29 is 19.0 Å². The summed E-state index contributed by atoms with van der Waals surface area (Å²) >= 11 is 0. The standard InChI is InChI=1S/C23H22N2O4/c1-27-19-14-21(29-3)20(28-2)13-17(19)22-24-18-12-8-7-11-16(18)23(26)25(22)15-9-5-4-6-10-15/h4-14,22,24H,1-3H3. The van der Waals surface area contributed by atoms with Crippen molar-refractivity contribution in [3.05, 3.63) is 77.9 Å². The fourth-order valence-electron chi connectivity index (χ4n) is 3.59. The van der Waals surface area contributed by atoms with Gasteiger partial charge in [-0.05, 0) is 30.3 Å². The second-order valence-corrected chi connectivity index (χ2v) is 6.55. The van der Waals surface area contributed by atoms with Crippen LogP contribution in [-0.2, 0) is 0 Å². The van der Waals surface area contributed by atoms with Crippen LogP contribution in [0.1, 0.15) is 22.1 Å². The molecular formula is C23H22N2O4. The molecule has 1 amide bonds. The third-order valence-electron chi connectivity index (χ3n) is 4.99. The van der Waals surface area contributed by atoms with E-state index in [4.69, 9.17) is 14.2 Å². The van der Waals surface area contributed by atoms with E-state index in [-0.39, 0.29) is 5.91 Å². The maximum Gasteiger partial charge on any atom is 0.262 e. The van der Waals surface area contributed by atoms with Gasteiger partial charge in [-0.2, -0.15) is 0 Å². The van der Waals surface area contributed by atoms with Crippen LogP contribution in [0.15, 0.2) is 66.7 Å². The molecule has 6 heteroatoms. The zero-order chi connectivity index (χ0) is 20.4. The first-order valence-electron chi connectivity index (χ1n) is 9.22. The molecule has 4 rings (SSSR count). The third-order valence-corrected chi connectivity index (χ3v) is 4.99. The highest BCUT2D eigenvalue weighted by Gasteiger charge is 2.36. The lowest BCUT2D eigenvalue weighted by atomic mass is 10.0. The zero-order valence-corrected chi connectivity index (χ0v) is 16.5. The van der Waals surface area contributed by atoms with E-state index in [0.29, 0.717) is 22.8 Å². The highest BCUT2D eigenvalue weighted by Crippen LogP contribution is 2.43. The van der Waals surface area contributed by atoms with Gasteiger partial charge >= 0.3 is 0 Å². The molecule has 0 aromatic heterocycles. The van der Waals surface area contributed by atoms with Crippen LogP contribution in [0, 0.1) is 0 Å². The van der Waals surface area contributed by atoms with Crippen molar-refractivity contribution >= 4 is 17.3 Å². The minimum atomic E-state index is -0.491. The topological polar surface area (TPSA) is 60.0 Å². The van der Waals surface area contributed by atoms with Crippen molar-refractivity contribution in [3.63, 3.8) is 0 Å². The Morgan fingerprint density at radius 1 is 0.793 bits per heavy atom. The normalized spacial score (nSPS) is 15.3. The number of benzene rings is 3. The summed E-state index contributed by atoms with van der Waals surface area (Å²) in [6, 6.07) is 20.7.